The molecule has 1 aromatic carbocycles. The van der Waals surface area contributed by atoms with Crippen LogP contribution >= 0.6 is 15.9 Å². The molecule has 30 heavy (non-hydrogen) atoms. The molecule has 1 unspecified atom stereocenters. The number of halogens is 1. The Morgan fingerprint density at radius 3 is 2.87 bits per heavy atom. The standard InChI is InChI=1S/C24H27BrN4O/c1-16-27-23(20-6-2-3-7-22(20)25)12-24(28-16)21-15-29-9-8-17(21)11-18(29)13-26-14-19-5-4-10-30-19/h2-7,10,12,17-18,21,26H,8-9,11,13-15H2,1H3/t17-,18+,21-/m0/s1. The molecule has 2 aromatic heterocycles. The van der Waals surface area contributed by atoms with Crippen molar-refractivity contribution < 1.29 is 4.42 Å². The average molecular weight is 467 g/mol. The van der Waals surface area contributed by atoms with Gasteiger partial charge in [-0.2, -0.15) is 0 Å². The van der Waals surface area contributed by atoms with Crippen LogP contribution in [-0.2, 0) is 6.54 Å². The summed E-state index contributed by atoms with van der Waals surface area (Å²) in [4.78, 5) is 12.2. The van der Waals surface area contributed by atoms with Crippen LogP contribution in [0.4, 0.5) is 0 Å². The van der Waals surface area contributed by atoms with E-state index in [0.717, 1.165) is 46.9 Å². The second-order valence-electron chi connectivity index (χ2n) is 8.46. The second-order valence-corrected chi connectivity index (χ2v) is 9.31. The van der Waals surface area contributed by atoms with Gasteiger partial charge in [-0.25, -0.2) is 9.97 Å². The number of hydrogen-bond donors (Lipinski definition) is 1. The Bertz CT molecular complexity index is 1010. The molecule has 0 spiro atoms. The molecule has 156 valence electrons. The van der Waals surface area contributed by atoms with Crippen molar-refractivity contribution in [2.75, 3.05) is 19.6 Å². The summed E-state index contributed by atoms with van der Waals surface area (Å²) in [5, 5.41) is 3.58. The maximum absolute atomic E-state index is 5.43. The zero-order chi connectivity index (χ0) is 20.5. The Labute approximate surface area is 186 Å². The highest BCUT2D eigenvalue weighted by atomic mass is 79.9. The maximum atomic E-state index is 5.43. The number of aromatic nitrogens is 2. The van der Waals surface area contributed by atoms with E-state index >= 15 is 0 Å². The number of furan rings is 1. The molecule has 3 aliphatic rings. The molecule has 0 saturated carbocycles. The van der Waals surface area contributed by atoms with Crippen molar-refractivity contribution in [2.45, 2.75) is 38.3 Å². The molecule has 4 atom stereocenters. The summed E-state index contributed by atoms with van der Waals surface area (Å²) in [5.74, 6) is 3.03. The van der Waals surface area contributed by atoms with Crippen LogP contribution in [0.15, 0.2) is 57.6 Å². The number of aryl methyl sites for hydroxylation is 1. The van der Waals surface area contributed by atoms with E-state index in [1.165, 1.54) is 25.1 Å². The van der Waals surface area contributed by atoms with Gasteiger partial charge in [-0.1, -0.05) is 34.1 Å². The lowest BCUT2D eigenvalue weighted by molar-refractivity contribution is 0.0290. The van der Waals surface area contributed by atoms with Gasteiger partial charge in [0.2, 0.25) is 0 Å². The second kappa shape index (κ2) is 8.61. The van der Waals surface area contributed by atoms with Crippen LogP contribution in [0.1, 0.15) is 36.0 Å². The first-order valence-corrected chi connectivity index (χ1v) is 11.5. The number of nitrogens with one attached hydrogen (secondary N) is 1. The van der Waals surface area contributed by atoms with E-state index in [-0.39, 0.29) is 0 Å². The van der Waals surface area contributed by atoms with Gasteiger partial charge in [0, 0.05) is 40.8 Å². The predicted molar refractivity (Wildman–Crippen MR) is 121 cm³/mol. The number of rotatable bonds is 6. The first-order valence-electron chi connectivity index (χ1n) is 10.7. The van der Waals surface area contributed by atoms with E-state index in [4.69, 9.17) is 14.4 Å². The maximum Gasteiger partial charge on any atom is 0.126 e. The van der Waals surface area contributed by atoms with Gasteiger partial charge in [-0.15, -0.1) is 0 Å². The minimum absolute atomic E-state index is 0.489. The van der Waals surface area contributed by atoms with Crippen LogP contribution in [0.3, 0.4) is 0 Å². The molecule has 3 fully saturated rings. The summed E-state index contributed by atoms with van der Waals surface area (Å²) in [6.45, 7) is 6.09. The molecule has 6 heteroatoms. The molecule has 0 amide bonds. The fourth-order valence-corrected chi connectivity index (χ4v) is 5.54. The smallest absolute Gasteiger partial charge is 0.126 e. The van der Waals surface area contributed by atoms with Gasteiger partial charge in [0.05, 0.1) is 18.5 Å². The largest absolute Gasteiger partial charge is 0.468 e. The van der Waals surface area contributed by atoms with Crippen molar-refractivity contribution in [3.05, 3.63) is 70.5 Å². The highest BCUT2D eigenvalue weighted by Gasteiger charge is 2.41. The molecule has 3 aromatic rings. The lowest BCUT2D eigenvalue weighted by atomic mass is 9.74. The van der Waals surface area contributed by atoms with E-state index < -0.39 is 0 Å². The van der Waals surface area contributed by atoms with Gasteiger partial charge in [0.25, 0.3) is 0 Å². The zero-order valence-corrected chi connectivity index (χ0v) is 18.8. The van der Waals surface area contributed by atoms with Gasteiger partial charge < -0.3 is 9.73 Å². The summed E-state index contributed by atoms with van der Waals surface area (Å²) in [6, 6.07) is 15.1. The first-order chi connectivity index (χ1) is 14.7. The zero-order valence-electron chi connectivity index (χ0n) is 17.2. The van der Waals surface area contributed by atoms with Gasteiger partial charge in [0.1, 0.15) is 11.6 Å². The van der Waals surface area contributed by atoms with E-state index in [1.54, 1.807) is 6.26 Å². The highest BCUT2D eigenvalue weighted by molar-refractivity contribution is 9.10. The highest BCUT2D eigenvalue weighted by Crippen LogP contribution is 2.42. The Morgan fingerprint density at radius 1 is 1.20 bits per heavy atom. The average Bonchev–Trinajstić information content (AvgIpc) is 3.28. The monoisotopic (exact) mass is 466 g/mol. The molecular formula is C24H27BrN4O. The number of fused-ring (bicyclic) bond motifs is 3. The van der Waals surface area contributed by atoms with E-state index in [1.807, 2.05) is 25.1 Å². The molecule has 5 nitrogen and oxygen atoms in total. The number of piperidine rings is 3. The summed E-state index contributed by atoms with van der Waals surface area (Å²) >= 11 is 3.67. The van der Waals surface area contributed by atoms with Gasteiger partial charge in [-0.3, -0.25) is 4.90 Å². The fourth-order valence-electron chi connectivity index (χ4n) is 5.05. The Morgan fingerprint density at radius 2 is 2.10 bits per heavy atom. The molecule has 0 radical (unpaired) electrons. The van der Waals surface area contributed by atoms with Gasteiger partial charge in [-0.05, 0) is 56.5 Å². The molecule has 3 aliphatic heterocycles. The minimum Gasteiger partial charge on any atom is -0.468 e. The van der Waals surface area contributed by atoms with E-state index in [0.29, 0.717) is 17.9 Å². The third-order valence-corrected chi connectivity index (χ3v) is 7.22. The Hall–Kier alpha value is -2.02. The number of benzene rings is 1. The molecule has 6 rings (SSSR count). The topological polar surface area (TPSA) is 54.2 Å². The SMILES string of the molecule is Cc1nc(-c2ccccc2Br)cc([C@H]2CN3CC[C@H]2C[C@@H]3CNCc2ccco2)n1. The van der Waals surface area contributed by atoms with E-state index in [9.17, 15) is 0 Å². The third kappa shape index (κ3) is 4.09. The Balaban J connectivity index is 1.30. The summed E-state index contributed by atoms with van der Waals surface area (Å²) < 4.78 is 6.51. The summed E-state index contributed by atoms with van der Waals surface area (Å²) in [5.41, 5.74) is 3.34. The third-order valence-electron chi connectivity index (χ3n) is 6.53. The van der Waals surface area contributed by atoms with Crippen molar-refractivity contribution in [3.63, 3.8) is 0 Å². The molecular weight excluding hydrogens is 440 g/mol. The molecule has 2 bridgehead atoms. The van der Waals surface area contributed by atoms with Crippen LogP contribution < -0.4 is 5.32 Å². The Kier molecular flexibility index (Phi) is 5.72. The lowest BCUT2D eigenvalue weighted by Crippen LogP contribution is -2.55. The van der Waals surface area contributed by atoms with Crippen LogP contribution in [0.25, 0.3) is 11.3 Å². The van der Waals surface area contributed by atoms with Crippen LogP contribution in [-0.4, -0.2) is 40.5 Å². The minimum atomic E-state index is 0.489. The summed E-state index contributed by atoms with van der Waals surface area (Å²) in [7, 11) is 0. The molecule has 5 heterocycles. The summed E-state index contributed by atoms with van der Waals surface area (Å²) in [6.07, 6.45) is 4.22. The van der Waals surface area contributed by atoms with Crippen molar-refractivity contribution >= 4 is 15.9 Å². The fraction of sp³-hybridized carbons (Fsp3) is 0.417. The quantitative estimate of drug-likeness (QED) is 0.566. The van der Waals surface area contributed by atoms with Crippen molar-refractivity contribution in [3.8, 4) is 11.3 Å². The van der Waals surface area contributed by atoms with Crippen molar-refractivity contribution in [1.82, 2.24) is 20.2 Å². The van der Waals surface area contributed by atoms with Gasteiger partial charge in [0.15, 0.2) is 0 Å². The lowest BCUT2D eigenvalue weighted by Gasteiger charge is -2.50. The first kappa shape index (κ1) is 19.9. The van der Waals surface area contributed by atoms with Crippen LogP contribution in [0.5, 0.6) is 0 Å². The van der Waals surface area contributed by atoms with Crippen LogP contribution in [0.2, 0.25) is 0 Å². The molecule has 1 N–H and O–H groups in total. The number of hydrogen-bond acceptors (Lipinski definition) is 5. The van der Waals surface area contributed by atoms with Crippen molar-refractivity contribution in [2.24, 2.45) is 5.92 Å². The van der Waals surface area contributed by atoms with Crippen LogP contribution in [0, 0.1) is 12.8 Å². The van der Waals surface area contributed by atoms with Gasteiger partial charge >= 0.3 is 0 Å². The number of nitrogens with zero attached hydrogens (tertiary/aromatic N) is 3. The molecule has 3 saturated heterocycles. The molecule has 0 aliphatic carbocycles. The normalized spacial score (nSPS) is 25.5. The van der Waals surface area contributed by atoms with Crippen molar-refractivity contribution in [1.29, 1.82) is 0 Å². The van der Waals surface area contributed by atoms with E-state index in [2.05, 4.69) is 50.4 Å². The predicted octanol–water partition coefficient (Wildman–Crippen LogP) is 4.78.